The summed E-state index contributed by atoms with van der Waals surface area (Å²) in [6.07, 6.45) is 1.19. The Kier molecular flexibility index (Phi) is 5.98. The molecule has 1 aliphatic heterocycles. The minimum atomic E-state index is -0.749. The lowest BCUT2D eigenvalue weighted by molar-refractivity contribution is -0.384. The van der Waals surface area contributed by atoms with E-state index in [9.17, 15) is 24.1 Å². The second kappa shape index (κ2) is 8.74. The van der Waals surface area contributed by atoms with Gasteiger partial charge in [-0.25, -0.2) is 4.39 Å². The summed E-state index contributed by atoms with van der Waals surface area (Å²) >= 11 is 17.1. The van der Waals surface area contributed by atoms with Crippen LogP contribution >= 0.6 is 35.4 Å². The van der Waals surface area contributed by atoms with Crippen molar-refractivity contribution in [2.75, 3.05) is 4.90 Å². The van der Waals surface area contributed by atoms with Crippen molar-refractivity contribution in [2.24, 2.45) is 0 Å². The molecule has 0 atom stereocenters. The minimum absolute atomic E-state index is 0.101. The van der Waals surface area contributed by atoms with Crippen LogP contribution in [0.15, 0.2) is 58.5 Å². The van der Waals surface area contributed by atoms with Gasteiger partial charge in [0.15, 0.2) is 5.11 Å². The summed E-state index contributed by atoms with van der Waals surface area (Å²) in [5.74, 6) is -1.74. The first-order chi connectivity index (χ1) is 15.7. The zero-order valence-electron chi connectivity index (χ0n) is 16.2. The van der Waals surface area contributed by atoms with Crippen LogP contribution in [0.1, 0.15) is 5.76 Å². The molecule has 12 heteroatoms. The van der Waals surface area contributed by atoms with Gasteiger partial charge >= 0.3 is 0 Å². The van der Waals surface area contributed by atoms with E-state index in [1.54, 1.807) is 0 Å². The Labute approximate surface area is 200 Å². The molecular formula is C21H10Cl2FN3O5S. The summed E-state index contributed by atoms with van der Waals surface area (Å²) in [6.45, 7) is 0. The molecule has 3 aromatic rings. The normalized spacial score (nSPS) is 15.2. The maximum atomic E-state index is 13.3. The molecule has 2 aromatic carbocycles. The number of thiocarbonyl (C=S) groups is 1. The minimum Gasteiger partial charge on any atom is -0.457 e. The summed E-state index contributed by atoms with van der Waals surface area (Å²) in [7, 11) is 0. The predicted molar refractivity (Wildman–Crippen MR) is 123 cm³/mol. The maximum absolute atomic E-state index is 13.3. The number of anilines is 1. The highest BCUT2D eigenvalue weighted by molar-refractivity contribution is 7.80. The summed E-state index contributed by atoms with van der Waals surface area (Å²) in [6, 6.07) is 10.3. The molecule has 1 N–H and O–H groups in total. The van der Waals surface area contributed by atoms with Crippen LogP contribution in [0.2, 0.25) is 10.0 Å². The predicted octanol–water partition coefficient (Wildman–Crippen LogP) is 5.13. The number of hydrogen-bond donors (Lipinski definition) is 1. The summed E-state index contributed by atoms with van der Waals surface area (Å²) in [5, 5.41) is 13.4. The fraction of sp³-hybridized carbons (Fsp3) is 0. The zero-order valence-corrected chi connectivity index (χ0v) is 18.5. The molecule has 4 rings (SSSR count). The van der Waals surface area contributed by atoms with Crippen LogP contribution in [0.5, 0.6) is 0 Å². The van der Waals surface area contributed by atoms with Crippen LogP contribution < -0.4 is 10.2 Å². The lowest BCUT2D eigenvalue weighted by atomic mass is 10.1. The Bertz CT molecular complexity index is 1370. The van der Waals surface area contributed by atoms with Crippen LogP contribution in [-0.2, 0) is 9.59 Å². The molecule has 0 bridgehead atoms. The van der Waals surface area contributed by atoms with Gasteiger partial charge in [-0.3, -0.25) is 29.9 Å². The number of rotatable bonds is 4. The third-order valence-electron chi connectivity index (χ3n) is 4.60. The molecule has 1 fully saturated rings. The average molecular weight is 506 g/mol. The molecular weight excluding hydrogens is 496 g/mol. The molecule has 0 aliphatic carbocycles. The first-order valence-electron chi connectivity index (χ1n) is 9.06. The van der Waals surface area contributed by atoms with E-state index >= 15 is 0 Å². The van der Waals surface area contributed by atoms with Crippen molar-refractivity contribution >= 4 is 69.8 Å². The van der Waals surface area contributed by atoms with E-state index in [-0.39, 0.29) is 49.2 Å². The molecule has 1 aliphatic rings. The van der Waals surface area contributed by atoms with Crippen molar-refractivity contribution in [3.8, 4) is 11.3 Å². The van der Waals surface area contributed by atoms with E-state index in [0.717, 1.165) is 23.1 Å². The van der Waals surface area contributed by atoms with Gasteiger partial charge in [0.2, 0.25) is 0 Å². The van der Waals surface area contributed by atoms with Crippen LogP contribution in [0, 0.1) is 15.9 Å². The molecule has 0 saturated carbocycles. The molecule has 2 heterocycles. The van der Waals surface area contributed by atoms with Gasteiger partial charge in [-0.1, -0.05) is 23.2 Å². The quantitative estimate of drug-likeness (QED) is 0.173. The van der Waals surface area contributed by atoms with E-state index in [4.69, 9.17) is 39.8 Å². The van der Waals surface area contributed by atoms with Crippen molar-refractivity contribution in [1.29, 1.82) is 0 Å². The van der Waals surface area contributed by atoms with E-state index < -0.39 is 22.6 Å². The maximum Gasteiger partial charge on any atom is 0.288 e. The second-order valence-electron chi connectivity index (χ2n) is 6.68. The number of carbonyl (C=O) groups excluding carboxylic acids is 2. The monoisotopic (exact) mass is 505 g/mol. The number of halogens is 3. The topological polar surface area (TPSA) is 106 Å². The third-order valence-corrected chi connectivity index (χ3v) is 5.50. The number of amides is 2. The van der Waals surface area contributed by atoms with Crippen LogP contribution in [-0.4, -0.2) is 21.9 Å². The van der Waals surface area contributed by atoms with E-state index in [1.165, 1.54) is 36.4 Å². The highest BCUT2D eigenvalue weighted by Gasteiger charge is 2.34. The number of nitro benzene ring substituents is 1. The number of benzene rings is 2. The van der Waals surface area contributed by atoms with Crippen LogP contribution in [0.4, 0.5) is 15.8 Å². The van der Waals surface area contributed by atoms with E-state index in [2.05, 4.69) is 5.32 Å². The molecule has 2 amide bonds. The van der Waals surface area contributed by atoms with Crippen LogP contribution in [0.3, 0.4) is 0 Å². The Balaban J connectivity index is 1.70. The first-order valence-corrected chi connectivity index (χ1v) is 10.2. The summed E-state index contributed by atoms with van der Waals surface area (Å²) in [4.78, 5) is 37.0. The Morgan fingerprint density at radius 3 is 2.45 bits per heavy atom. The zero-order chi connectivity index (χ0) is 23.9. The van der Waals surface area contributed by atoms with Crippen molar-refractivity contribution < 1.29 is 23.3 Å². The number of nitrogens with zero attached hydrogens (tertiary/aromatic N) is 2. The standard InChI is InChI=1S/C21H10Cl2FN3O5S/c22-15-9-16(23)17(27(30)31)8-13(15)18-6-5-12(32-18)7-14-19(28)25-21(33)26(20(14)29)11-3-1-10(24)2-4-11/h1-9H,(H,25,28,33)/b14-7-. The van der Waals surface area contributed by atoms with E-state index in [0.29, 0.717) is 0 Å². The van der Waals surface area contributed by atoms with Gasteiger partial charge in [0.1, 0.15) is 27.9 Å². The molecule has 1 saturated heterocycles. The van der Waals surface area contributed by atoms with Crippen molar-refractivity contribution in [3.05, 3.63) is 85.8 Å². The molecule has 0 radical (unpaired) electrons. The fourth-order valence-electron chi connectivity index (χ4n) is 3.07. The van der Waals surface area contributed by atoms with Gasteiger partial charge in [-0.05, 0) is 60.8 Å². The van der Waals surface area contributed by atoms with Crippen LogP contribution in [0.25, 0.3) is 17.4 Å². The molecule has 1 aromatic heterocycles. The Morgan fingerprint density at radius 1 is 1.09 bits per heavy atom. The molecule has 0 spiro atoms. The smallest absolute Gasteiger partial charge is 0.288 e. The molecule has 33 heavy (non-hydrogen) atoms. The van der Waals surface area contributed by atoms with Crippen molar-refractivity contribution in [1.82, 2.24) is 5.32 Å². The van der Waals surface area contributed by atoms with E-state index in [1.807, 2.05) is 0 Å². The number of hydrogen-bond acceptors (Lipinski definition) is 6. The molecule has 166 valence electrons. The van der Waals surface area contributed by atoms with Crippen molar-refractivity contribution in [2.45, 2.75) is 0 Å². The third kappa shape index (κ3) is 4.36. The highest BCUT2D eigenvalue weighted by atomic mass is 35.5. The van der Waals surface area contributed by atoms with Gasteiger partial charge < -0.3 is 4.42 Å². The van der Waals surface area contributed by atoms with Gasteiger partial charge in [-0.15, -0.1) is 0 Å². The Hall–Kier alpha value is -3.60. The van der Waals surface area contributed by atoms with Gasteiger partial charge in [0.05, 0.1) is 15.6 Å². The van der Waals surface area contributed by atoms with Gasteiger partial charge in [0.25, 0.3) is 17.5 Å². The lowest BCUT2D eigenvalue weighted by Gasteiger charge is -2.28. The van der Waals surface area contributed by atoms with Crippen molar-refractivity contribution in [3.63, 3.8) is 0 Å². The number of carbonyl (C=O) groups is 2. The summed E-state index contributed by atoms with van der Waals surface area (Å²) in [5.41, 5.74) is -0.191. The van der Waals surface area contributed by atoms with Gasteiger partial charge in [-0.2, -0.15) is 0 Å². The number of nitro groups is 1. The lowest BCUT2D eigenvalue weighted by Crippen LogP contribution is -2.54. The largest absolute Gasteiger partial charge is 0.457 e. The SMILES string of the molecule is O=C1NC(=S)N(c2ccc(F)cc2)C(=O)/C1=C\c1ccc(-c2cc([N+](=O)[O-])c(Cl)cc2Cl)o1. The average Bonchev–Trinajstić information content (AvgIpc) is 3.20. The van der Waals surface area contributed by atoms with Gasteiger partial charge in [0, 0.05) is 11.6 Å². The number of nitrogens with one attached hydrogen (secondary N) is 1. The molecule has 0 unspecified atom stereocenters. The first kappa shape index (κ1) is 22.6. The fourth-order valence-corrected chi connectivity index (χ4v) is 3.89. The molecule has 8 nitrogen and oxygen atoms in total. The highest BCUT2D eigenvalue weighted by Crippen LogP contribution is 2.37. The Morgan fingerprint density at radius 2 is 1.79 bits per heavy atom. The second-order valence-corrected chi connectivity index (χ2v) is 7.88. The number of furan rings is 1. The summed E-state index contributed by atoms with van der Waals surface area (Å²) < 4.78 is 18.9.